The average Bonchev–Trinajstić information content (AvgIpc) is 2.57. The summed E-state index contributed by atoms with van der Waals surface area (Å²) in [6, 6.07) is 7.96. The van der Waals surface area contributed by atoms with Crippen LogP contribution in [0, 0.1) is 6.92 Å². The molecule has 0 bridgehead atoms. The van der Waals surface area contributed by atoms with E-state index >= 15 is 0 Å². The van der Waals surface area contributed by atoms with Gasteiger partial charge in [-0.3, -0.25) is 9.59 Å². The van der Waals surface area contributed by atoms with Gasteiger partial charge in [0.25, 0.3) is 10.9 Å². The van der Waals surface area contributed by atoms with Gasteiger partial charge in [0.15, 0.2) is 0 Å². The van der Waals surface area contributed by atoms with E-state index in [-0.39, 0.29) is 6.04 Å². The van der Waals surface area contributed by atoms with Gasteiger partial charge in [-0.05, 0) is 38.5 Å². The van der Waals surface area contributed by atoms with E-state index in [0.29, 0.717) is 17.1 Å². The number of rotatable bonds is 7. The van der Waals surface area contributed by atoms with Crippen LogP contribution in [0.25, 0.3) is 0 Å². The minimum absolute atomic E-state index is 0.0812. The molecule has 2 rings (SSSR count). The van der Waals surface area contributed by atoms with E-state index in [9.17, 15) is 9.59 Å². The number of hydrogen-bond acceptors (Lipinski definition) is 4. The normalized spacial score (nSPS) is 13.2. The molecule has 24 heavy (non-hydrogen) atoms. The van der Waals surface area contributed by atoms with Gasteiger partial charge in [-0.25, -0.2) is 0 Å². The maximum Gasteiger partial charge on any atom is 0.253 e. The molecule has 0 aromatic heterocycles. The maximum absolute atomic E-state index is 11.9. The first-order valence-electron chi connectivity index (χ1n) is 7.86. The molecule has 0 aliphatic rings. The molecular weight excluding hydrogens is 300 g/mol. The summed E-state index contributed by atoms with van der Waals surface area (Å²) >= 11 is 0. The molecule has 0 radical (unpaired) electrons. The first-order chi connectivity index (χ1) is 11.5. The summed E-state index contributed by atoms with van der Waals surface area (Å²) in [6.45, 7) is 9.50. The van der Waals surface area contributed by atoms with Gasteiger partial charge in [0.05, 0.1) is 0 Å². The Morgan fingerprint density at radius 1 is 1.21 bits per heavy atom. The number of nitrogens with one attached hydrogen (secondary N) is 2. The summed E-state index contributed by atoms with van der Waals surface area (Å²) in [6.07, 6.45) is 7.02. The van der Waals surface area contributed by atoms with Crippen LogP contribution in [0.4, 0.5) is 11.4 Å². The van der Waals surface area contributed by atoms with Gasteiger partial charge < -0.3 is 10.6 Å². The second-order valence-electron chi connectivity index (χ2n) is 5.67. The van der Waals surface area contributed by atoms with E-state index in [0.717, 1.165) is 11.1 Å². The van der Waals surface area contributed by atoms with Crippen LogP contribution in [-0.2, 0) is 0 Å². The lowest BCUT2D eigenvalue weighted by molar-refractivity contribution is 0.878. The molecule has 124 valence electrons. The largest absolute Gasteiger partial charge is 0.373 e. The molecule has 0 spiro atoms. The van der Waals surface area contributed by atoms with Crippen molar-refractivity contribution in [2.75, 3.05) is 10.6 Å². The zero-order chi connectivity index (χ0) is 17.7. The highest BCUT2D eigenvalue weighted by atomic mass is 16.2. The van der Waals surface area contributed by atoms with E-state index in [1.165, 1.54) is 0 Å². The Hall–Kier alpha value is -2.88. The number of aryl methyl sites for hydroxylation is 1. The topological polar surface area (TPSA) is 58.2 Å². The van der Waals surface area contributed by atoms with Crippen molar-refractivity contribution in [2.45, 2.75) is 26.8 Å². The predicted molar refractivity (Wildman–Crippen MR) is 101 cm³/mol. The van der Waals surface area contributed by atoms with Crippen molar-refractivity contribution in [3.8, 4) is 0 Å². The Labute approximate surface area is 141 Å². The second kappa shape index (κ2) is 7.59. The number of benzene rings is 1. The Morgan fingerprint density at radius 3 is 2.54 bits per heavy atom. The quantitative estimate of drug-likeness (QED) is 0.601. The Bertz CT molecular complexity index is 868. The summed E-state index contributed by atoms with van der Waals surface area (Å²) in [5.41, 5.74) is 2.53. The number of hydrogen-bond donors (Lipinski definition) is 2. The van der Waals surface area contributed by atoms with Crippen LogP contribution in [0.5, 0.6) is 0 Å². The second-order valence-corrected chi connectivity index (χ2v) is 5.67. The van der Waals surface area contributed by atoms with Crippen LogP contribution in [0.15, 0.2) is 70.4 Å². The predicted octanol–water partition coefficient (Wildman–Crippen LogP) is 3.82. The average molecular weight is 322 g/mol. The molecule has 1 unspecified atom stereocenters. The SMILES string of the molecule is C=C/C=C(\C=C/C)Nc1c(NC(C)c2cccc(C)c2)c(=O)c1=O. The third-order valence-electron chi connectivity index (χ3n) is 3.73. The van der Waals surface area contributed by atoms with Crippen LogP contribution in [0.3, 0.4) is 0 Å². The lowest BCUT2D eigenvalue weighted by atomic mass is 10.0. The summed E-state index contributed by atoms with van der Waals surface area (Å²) in [4.78, 5) is 23.8. The lowest BCUT2D eigenvalue weighted by Crippen LogP contribution is -2.37. The van der Waals surface area contributed by atoms with Gasteiger partial charge in [-0.1, -0.05) is 48.6 Å². The number of anilines is 2. The van der Waals surface area contributed by atoms with Crippen molar-refractivity contribution >= 4 is 11.4 Å². The van der Waals surface area contributed by atoms with Gasteiger partial charge in [-0.2, -0.15) is 0 Å². The zero-order valence-electron chi connectivity index (χ0n) is 14.2. The molecular formula is C20H22N2O2. The fourth-order valence-electron chi connectivity index (χ4n) is 2.48. The third-order valence-corrected chi connectivity index (χ3v) is 3.73. The van der Waals surface area contributed by atoms with Crippen molar-refractivity contribution < 1.29 is 0 Å². The first-order valence-corrected chi connectivity index (χ1v) is 7.86. The molecule has 4 heteroatoms. The molecule has 0 saturated carbocycles. The molecule has 0 aliphatic heterocycles. The van der Waals surface area contributed by atoms with Crippen LogP contribution in [0.1, 0.15) is 31.0 Å². The smallest absolute Gasteiger partial charge is 0.253 e. The van der Waals surface area contributed by atoms with Crippen LogP contribution < -0.4 is 21.5 Å². The van der Waals surface area contributed by atoms with E-state index in [1.807, 2.05) is 51.1 Å². The highest BCUT2D eigenvalue weighted by Gasteiger charge is 2.22. The molecule has 1 atom stereocenters. The molecule has 0 amide bonds. The van der Waals surface area contributed by atoms with Crippen molar-refractivity contribution in [3.63, 3.8) is 0 Å². The molecule has 2 aromatic rings. The zero-order valence-corrected chi connectivity index (χ0v) is 14.2. The van der Waals surface area contributed by atoms with Crippen molar-refractivity contribution in [3.05, 3.63) is 92.4 Å². The van der Waals surface area contributed by atoms with Gasteiger partial charge in [-0.15, -0.1) is 0 Å². The van der Waals surface area contributed by atoms with Crippen LogP contribution >= 0.6 is 0 Å². The summed E-state index contributed by atoms with van der Waals surface area (Å²) < 4.78 is 0. The summed E-state index contributed by atoms with van der Waals surface area (Å²) in [5, 5.41) is 6.15. The minimum atomic E-state index is -0.506. The molecule has 0 heterocycles. The molecule has 0 aliphatic carbocycles. The van der Waals surface area contributed by atoms with Gasteiger partial charge in [0.2, 0.25) is 0 Å². The van der Waals surface area contributed by atoms with Crippen LogP contribution in [-0.4, -0.2) is 0 Å². The molecule has 4 nitrogen and oxygen atoms in total. The van der Waals surface area contributed by atoms with Crippen molar-refractivity contribution in [2.24, 2.45) is 0 Å². The lowest BCUT2D eigenvalue weighted by Gasteiger charge is -2.20. The van der Waals surface area contributed by atoms with Crippen LogP contribution in [0.2, 0.25) is 0 Å². The number of allylic oxidation sites excluding steroid dienone is 4. The maximum atomic E-state index is 11.9. The Morgan fingerprint density at radius 2 is 1.92 bits per heavy atom. The van der Waals surface area contributed by atoms with E-state index in [2.05, 4.69) is 23.3 Å². The molecule has 0 saturated heterocycles. The molecule has 2 N–H and O–H groups in total. The molecule has 2 aromatic carbocycles. The van der Waals surface area contributed by atoms with Gasteiger partial charge in [0, 0.05) is 11.7 Å². The standard InChI is InChI=1S/C20H22N2O2/c1-5-8-16(9-6-2)22-18-17(19(23)20(18)24)21-14(4)15-11-7-10-13(3)12-15/h5-12,14,21-22H,1H2,2-4H3/b9-6-,16-8+. The Balaban J connectivity index is 2.25. The van der Waals surface area contributed by atoms with Gasteiger partial charge in [0.1, 0.15) is 11.4 Å². The summed E-state index contributed by atoms with van der Waals surface area (Å²) in [7, 11) is 0. The first kappa shape index (κ1) is 17.5. The minimum Gasteiger partial charge on any atom is -0.373 e. The fourth-order valence-corrected chi connectivity index (χ4v) is 2.48. The van der Waals surface area contributed by atoms with Crippen molar-refractivity contribution in [1.29, 1.82) is 0 Å². The fraction of sp³-hybridized carbons (Fsp3) is 0.200. The monoisotopic (exact) mass is 322 g/mol. The highest BCUT2D eigenvalue weighted by Crippen LogP contribution is 2.24. The molecule has 0 fully saturated rings. The van der Waals surface area contributed by atoms with Gasteiger partial charge >= 0.3 is 0 Å². The summed E-state index contributed by atoms with van der Waals surface area (Å²) in [5.74, 6) is 0. The van der Waals surface area contributed by atoms with Crippen molar-refractivity contribution in [1.82, 2.24) is 0 Å². The third kappa shape index (κ3) is 3.71. The van der Waals surface area contributed by atoms with E-state index in [1.54, 1.807) is 12.2 Å². The Kier molecular flexibility index (Phi) is 5.53. The highest BCUT2D eigenvalue weighted by molar-refractivity contribution is 5.76. The van der Waals surface area contributed by atoms with E-state index in [4.69, 9.17) is 0 Å². The van der Waals surface area contributed by atoms with E-state index < -0.39 is 10.9 Å².